The van der Waals surface area contributed by atoms with Gasteiger partial charge in [0.05, 0.1) is 6.04 Å². The molecule has 0 amide bonds. The van der Waals surface area contributed by atoms with Gasteiger partial charge in [-0.25, -0.2) is 4.68 Å². The Labute approximate surface area is 182 Å². The minimum Gasteiger partial charge on any atom is -0.369 e. The summed E-state index contributed by atoms with van der Waals surface area (Å²) in [6.45, 7) is 4.72. The number of nitrogens with zero attached hydrogens (tertiary/aromatic N) is 6. The summed E-state index contributed by atoms with van der Waals surface area (Å²) >= 11 is 6.21. The minimum absolute atomic E-state index is 0.0933. The number of aryl methyl sites for hydroxylation is 2. The van der Waals surface area contributed by atoms with E-state index < -0.39 is 0 Å². The van der Waals surface area contributed by atoms with Crippen molar-refractivity contribution in [1.82, 2.24) is 25.1 Å². The van der Waals surface area contributed by atoms with Crippen molar-refractivity contribution in [3.63, 3.8) is 0 Å². The highest BCUT2D eigenvalue weighted by Gasteiger charge is 2.32. The SMILES string of the molecule is Clc1cccc(N2CCN(C3c4ccccc4CCCCCn4nnnc43)CC2)c1. The van der Waals surface area contributed by atoms with Gasteiger partial charge in [0.1, 0.15) is 0 Å². The predicted octanol–water partition coefficient (Wildman–Crippen LogP) is 3.96. The Bertz CT molecular complexity index is 995. The molecule has 2 aliphatic heterocycles. The molecule has 7 heteroatoms. The van der Waals surface area contributed by atoms with Crippen molar-refractivity contribution in [1.29, 1.82) is 0 Å². The van der Waals surface area contributed by atoms with Crippen molar-refractivity contribution < 1.29 is 0 Å². The standard InChI is InChI=1S/C23H27ClN6/c24-19-9-6-10-20(17-19)28-13-15-29(16-14-28)22-21-11-4-3-8-18(21)7-2-1-5-12-30-23(22)25-26-27-30/h3-4,6,8-11,17,22H,1-2,5,7,12-16H2. The molecule has 1 saturated heterocycles. The number of fused-ring (bicyclic) bond motifs is 2. The van der Waals surface area contributed by atoms with Crippen LogP contribution in [0.3, 0.4) is 0 Å². The Morgan fingerprint density at radius 2 is 1.73 bits per heavy atom. The van der Waals surface area contributed by atoms with Crippen molar-refractivity contribution in [3.8, 4) is 0 Å². The maximum Gasteiger partial charge on any atom is 0.173 e. The van der Waals surface area contributed by atoms with E-state index >= 15 is 0 Å². The van der Waals surface area contributed by atoms with Crippen LogP contribution in [0.4, 0.5) is 5.69 Å². The van der Waals surface area contributed by atoms with Crippen molar-refractivity contribution in [2.75, 3.05) is 31.1 Å². The number of hydrogen-bond acceptors (Lipinski definition) is 5. The van der Waals surface area contributed by atoms with Gasteiger partial charge in [-0.1, -0.05) is 48.4 Å². The van der Waals surface area contributed by atoms with E-state index in [1.165, 1.54) is 29.7 Å². The molecule has 1 unspecified atom stereocenters. The van der Waals surface area contributed by atoms with Gasteiger partial charge in [0.15, 0.2) is 5.82 Å². The van der Waals surface area contributed by atoms with Gasteiger partial charge in [0.25, 0.3) is 0 Å². The monoisotopic (exact) mass is 422 g/mol. The molecule has 0 bridgehead atoms. The highest BCUT2D eigenvalue weighted by atomic mass is 35.5. The summed E-state index contributed by atoms with van der Waals surface area (Å²) in [5, 5.41) is 13.7. The molecule has 1 atom stereocenters. The molecule has 5 rings (SSSR count). The lowest BCUT2D eigenvalue weighted by atomic mass is 9.93. The van der Waals surface area contributed by atoms with Crippen molar-refractivity contribution >= 4 is 17.3 Å². The third-order valence-corrected chi connectivity index (χ3v) is 6.56. The first-order valence-electron chi connectivity index (χ1n) is 10.9. The Morgan fingerprint density at radius 3 is 2.60 bits per heavy atom. The van der Waals surface area contributed by atoms with Gasteiger partial charge >= 0.3 is 0 Å². The maximum atomic E-state index is 6.21. The van der Waals surface area contributed by atoms with Crippen LogP contribution in [0.5, 0.6) is 0 Å². The average Bonchev–Trinajstić information content (AvgIpc) is 3.23. The molecule has 30 heavy (non-hydrogen) atoms. The molecule has 0 radical (unpaired) electrons. The summed E-state index contributed by atoms with van der Waals surface area (Å²) in [6, 6.07) is 17.1. The summed E-state index contributed by atoms with van der Waals surface area (Å²) in [4.78, 5) is 4.96. The fraction of sp³-hybridized carbons (Fsp3) is 0.435. The maximum absolute atomic E-state index is 6.21. The van der Waals surface area contributed by atoms with Gasteiger partial charge in [-0.3, -0.25) is 4.90 Å². The normalized spacial score (nSPS) is 20.4. The van der Waals surface area contributed by atoms with Crippen molar-refractivity contribution in [2.45, 2.75) is 38.3 Å². The number of halogens is 1. The zero-order chi connectivity index (χ0) is 20.3. The molecule has 3 heterocycles. The van der Waals surface area contributed by atoms with Gasteiger partial charge in [0, 0.05) is 43.4 Å². The van der Waals surface area contributed by atoms with Crippen molar-refractivity contribution in [2.24, 2.45) is 0 Å². The number of rotatable bonds is 2. The number of aromatic nitrogens is 4. The Kier molecular flexibility index (Phi) is 5.69. The molecule has 1 fully saturated rings. The van der Waals surface area contributed by atoms with Crippen molar-refractivity contribution in [3.05, 3.63) is 70.5 Å². The van der Waals surface area contributed by atoms with Gasteiger partial charge in [-0.05, 0) is 59.0 Å². The van der Waals surface area contributed by atoms with Crippen LogP contribution in [0.25, 0.3) is 0 Å². The second-order valence-corrected chi connectivity index (χ2v) is 8.61. The number of hydrogen-bond donors (Lipinski definition) is 0. The Morgan fingerprint density at radius 1 is 0.867 bits per heavy atom. The summed E-state index contributed by atoms with van der Waals surface area (Å²) in [5.41, 5.74) is 3.97. The van der Waals surface area contributed by atoms with E-state index in [-0.39, 0.29) is 6.04 Å². The van der Waals surface area contributed by atoms with E-state index in [1.807, 2.05) is 16.8 Å². The molecule has 2 aliphatic rings. The number of tetrazole rings is 1. The van der Waals surface area contributed by atoms with Gasteiger partial charge in [-0.15, -0.1) is 5.10 Å². The topological polar surface area (TPSA) is 50.1 Å². The van der Waals surface area contributed by atoms with E-state index in [1.54, 1.807) is 0 Å². The van der Waals surface area contributed by atoms with Gasteiger partial charge in [0.2, 0.25) is 0 Å². The first kappa shape index (κ1) is 19.5. The molecule has 1 aromatic heterocycles. The van der Waals surface area contributed by atoms with E-state index in [0.29, 0.717) is 0 Å². The van der Waals surface area contributed by atoms with Crippen LogP contribution in [-0.4, -0.2) is 51.3 Å². The quantitative estimate of drug-likeness (QED) is 0.625. The number of anilines is 1. The molecule has 0 N–H and O–H groups in total. The van der Waals surface area contributed by atoms with Crippen LogP contribution in [0.1, 0.15) is 42.3 Å². The first-order valence-corrected chi connectivity index (χ1v) is 11.3. The van der Waals surface area contributed by atoms with Crippen LogP contribution in [0.2, 0.25) is 5.02 Å². The van der Waals surface area contributed by atoms with E-state index in [0.717, 1.165) is 56.4 Å². The number of piperazine rings is 1. The summed E-state index contributed by atoms with van der Waals surface area (Å²) in [7, 11) is 0. The van der Waals surface area contributed by atoms with E-state index in [2.05, 4.69) is 61.7 Å². The second kappa shape index (κ2) is 8.74. The largest absolute Gasteiger partial charge is 0.369 e. The Hall–Kier alpha value is -2.44. The summed E-state index contributed by atoms with van der Waals surface area (Å²) in [6.07, 6.45) is 4.66. The lowest BCUT2D eigenvalue weighted by Crippen LogP contribution is -2.48. The zero-order valence-corrected chi connectivity index (χ0v) is 17.9. The van der Waals surface area contributed by atoms with Gasteiger partial charge in [-0.2, -0.15) is 0 Å². The highest BCUT2D eigenvalue weighted by molar-refractivity contribution is 6.30. The third kappa shape index (κ3) is 3.94. The predicted molar refractivity (Wildman–Crippen MR) is 119 cm³/mol. The average molecular weight is 423 g/mol. The second-order valence-electron chi connectivity index (χ2n) is 8.18. The molecule has 0 spiro atoms. The summed E-state index contributed by atoms with van der Waals surface area (Å²) in [5.74, 6) is 0.973. The molecular weight excluding hydrogens is 396 g/mol. The van der Waals surface area contributed by atoms with Crippen LogP contribution in [-0.2, 0) is 13.0 Å². The lowest BCUT2D eigenvalue weighted by molar-refractivity contribution is 0.199. The highest BCUT2D eigenvalue weighted by Crippen LogP contribution is 2.33. The molecule has 3 aromatic rings. The van der Waals surface area contributed by atoms with E-state index in [4.69, 9.17) is 11.6 Å². The first-order chi connectivity index (χ1) is 14.8. The minimum atomic E-state index is 0.0933. The fourth-order valence-corrected chi connectivity index (χ4v) is 4.94. The third-order valence-electron chi connectivity index (χ3n) is 6.32. The molecule has 0 aliphatic carbocycles. The zero-order valence-electron chi connectivity index (χ0n) is 17.1. The Balaban J connectivity index is 1.45. The molecule has 6 nitrogen and oxygen atoms in total. The molecule has 0 saturated carbocycles. The number of benzene rings is 2. The van der Waals surface area contributed by atoms with Crippen LogP contribution in [0.15, 0.2) is 48.5 Å². The fourth-order valence-electron chi connectivity index (χ4n) is 4.76. The van der Waals surface area contributed by atoms with Crippen LogP contribution < -0.4 is 4.90 Å². The molecule has 2 aromatic carbocycles. The smallest absolute Gasteiger partial charge is 0.173 e. The summed E-state index contributed by atoms with van der Waals surface area (Å²) < 4.78 is 2.02. The molecule has 156 valence electrons. The van der Waals surface area contributed by atoms with Crippen LogP contribution >= 0.6 is 11.6 Å². The van der Waals surface area contributed by atoms with E-state index in [9.17, 15) is 0 Å². The lowest BCUT2D eigenvalue weighted by Gasteiger charge is -2.40. The van der Waals surface area contributed by atoms with Gasteiger partial charge < -0.3 is 4.90 Å². The van der Waals surface area contributed by atoms with Crippen LogP contribution in [0, 0.1) is 0 Å². The molecular formula is C23H27ClN6.